The fourth-order valence-electron chi connectivity index (χ4n) is 2.15. The SMILES string of the molecule is CCOC(=O)/C=C/[C@H](Cc1ccccc1)OC(=O)c1ccccc1. The van der Waals surface area contributed by atoms with Crippen LogP contribution in [0.5, 0.6) is 0 Å². The molecular formula is C20H20O4. The second kappa shape index (κ2) is 9.30. The first-order valence-electron chi connectivity index (χ1n) is 7.84. The third-order valence-electron chi connectivity index (χ3n) is 3.28. The van der Waals surface area contributed by atoms with Crippen LogP contribution >= 0.6 is 0 Å². The van der Waals surface area contributed by atoms with Gasteiger partial charge in [-0.3, -0.25) is 0 Å². The molecule has 0 aliphatic carbocycles. The van der Waals surface area contributed by atoms with Crippen LogP contribution in [0, 0.1) is 0 Å². The summed E-state index contributed by atoms with van der Waals surface area (Å²) in [6.45, 7) is 2.04. The Hall–Kier alpha value is -2.88. The lowest BCUT2D eigenvalue weighted by molar-refractivity contribution is -0.137. The van der Waals surface area contributed by atoms with Crippen molar-refractivity contribution < 1.29 is 19.1 Å². The Morgan fingerprint density at radius 2 is 1.62 bits per heavy atom. The molecule has 124 valence electrons. The predicted octanol–water partition coefficient (Wildman–Crippen LogP) is 3.57. The lowest BCUT2D eigenvalue weighted by Crippen LogP contribution is -2.19. The Balaban J connectivity index is 2.09. The number of ether oxygens (including phenoxy) is 2. The van der Waals surface area contributed by atoms with Gasteiger partial charge in [0.1, 0.15) is 6.10 Å². The summed E-state index contributed by atoms with van der Waals surface area (Å²) in [6, 6.07) is 18.4. The van der Waals surface area contributed by atoms with Crippen molar-refractivity contribution in [1.82, 2.24) is 0 Å². The minimum absolute atomic E-state index is 0.302. The maximum atomic E-state index is 12.2. The highest BCUT2D eigenvalue weighted by Gasteiger charge is 2.14. The number of carbonyl (C=O) groups is 2. The van der Waals surface area contributed by atoms with E-state index in [1.807, 2.05) is 36.4 Å². The Kier molecular flexibility index (Phi) is 6.77. The summed E-state index contributed by atoms with van der Waals surface area (Å²) in [5.74, 6) is -0.878. The lowest BCUT2D eigenvalue weighted by Gasteiger charge is -2.14. The van der Waals surface area contributed by atoms with E-state index in [-0.39, 0.29) is 0 Å². The van der Waals surface area contributed by atoms with Crippen LogP contribution in [0.15, 0.2) is 72.8 Å². The molecule has 0 spiro atoms. The highest BCUT2D eigenvalue weighted by Crippen LogP contribution is 2.11. The van der Waals surface area contributed by atoms with Crippen LogP contribution in [0.3, 0.4) is 0 Å². The summed E-state index contributed by atoms with van der Waals surface area (Å²) >= 11 is 0. The maximum absolute atomic E-state index is 12.2. The van der Waals surface area contributed by atoms with Gasteiger partial charge in [0.25, 0.3) is 0 Å². The molecule has 24 heavy (non-hydrogen) atoms. The molecule has 1 atom stereocenters. The molecule has 4 heteroatoms. The van der Waals surface area contributed by atoms with Crippen LogP contribution in [0.4, 0.5) is 0 Å². The first kappa shape index (κ1) is 17.5. The van der Waals surface area contributed by atoms with E-state index in [0.717, 1.165) is 5.56 Å². The smallest absolute Gasteiger partial charge is 0.338 e. The Morgan fingerprint density at radius 3 is 2.25 bits per heavy atom. The van der Waals surface area contributed by atoms with Crippen molar-refractivity contribution in [2.75, 3.05) is 6.61 Å². The minimum Gasteiger partial charge on any atom is -0.463 e. The fraction of sp³-hybridized carbons (Fsp3) is 0.200. The molecule has 0 unspecified atom stereocenters. The van der Waals surface area contributed by atoms with Crippen molar-refractivity contribution in [2.45, 2.75) is 19.4 Å². The van der Waals surface area contributed by atoms with E-state index in [0.29, 0.717) is 18.6 Å². The van der Waals surface area contributed by atoms with E-state index < -0.39 is 18.0 Å². The largest absolute Gasteiger partial charge is 0.463 e. The van der Waals surface area contributed by atoms with E-state index in [4.69, 9.17) is 9.47 Å². The van der Waals surface area contributed by atoms with E-state index in [1.165, 1.54) is 6.08 Å². The van der Waals surface area contributed by atoms with Crippen LogP contribution in [0.2, 0.25) is 0 Å². The van der Waals surface area contributed by atoms with Gasteiger partial charge in [0.05, 0.1) is 12.2 Å². The summed E-state index contributed by atoms with van der Waals surface area (Å²) in [6.07, 6.45) is 2.79. The van der Waals surface area contributed by atoms with Gasteiger partial charge in [-0.2, -0.15) is 0 Å². The molecule has 2 aromatic rings. The van der Waals surface area contributed by atoms with Gasteiger partial charge in [-0.15, -0.1) is 0 Å². The zero-order valence-electron chi connectivity index (χ0n) is 13.6. The summed E-state index contributed by atoms with van der Waals surface area (Å²) < 4.78 is 10.4. The molecule has 0 radical (unpaired) electrons. The van der Waals surface area contributed by atoms with E-state index in [1.54, 1.807) is 37.3 Å². The summed E-state index contributed by atoms with van der Waals surface area (Å²) in [5, 5.41) is 0. The van der Waals surface area contributed by atoms with E-state index in [2.05, 4.69) is 0 Å². The molecule has 0 heterocycles. The molecule has 0 amide bonds. The van der Waals surface area contributed by atoms with Crippen LogP contribution < -0.4 is 0 Å². The number of esters is 2. The first-order valence-corrected chi connectivity index (χ1v) is 7.84. The predicted molar refractivity (Wildman–Crippen MR) is 91.6 cm³/mol. The van der Waals surface area contributed by atoms with Gasteiger partial charge in [-0.05, 0) is 30.7 Å². The summed E-state index contributed by atoms with van der Waals surface area (Å²) in [5.41, 5.74) is 1.48. The van der Waals surface area contributed by atoms with Gasteiger partial charge in [0, 0.05) is 12.5 Å². The van der Waals surface area contributed by atoms with Crippen LogP contribution in [-0.2, 0) is 20.7 Å². The molecule has 0 aromatic heterocycles. The van der Waals surface area contributed by atoms with Crippen LogP contribution in [0.1, 0.15) is 22.8 Å². The first-order chi connectivity index (χ1) is 11.7. The molecule has 0 N–H and O–H groups in total. The zero-order valence-corrected chi connectivity index (χ0v) is 13.6. The quantitative estimate of drug-likeness (QED) is 0.577. The standard InChI is InChI=1S/C20H20O4/c1-2-23-19(21)14-13-18(15-16-9-5-3-6-10-16)24-20(22)17-11-7-4-8-12-17/h3-14,18H,2,15H2,1H3/b14-13+/t18-/m1/s1. The fourth-order valence-corrected chi connectivity index (χ4v) is 2.15. The van der Waals surface area contributed by atoms with Crippen molar-refractivity contribution in [3.05, 3.63) is 83.9 Å². The van der Waals surface area contributed by atoms with Gasteiger partial charge < -0.3 is 9.47 Å². The van der Waals surface area contributed by atoms with Crippen molar-refractivity contribution >= 4 is 11.9 Å². The summed E-state index contributed by atoms with van der Waals surface area (Å²) in [7, 11) is 0. The molecule has 2 aromatic carbocycles. The van der Waals surface area contributed by atoms with Gasteiger partial charge in [0.2, 0.25) is 0 Å². The number of benzene rings is 2. The molecule has 0 saturated carbocycles. The monoisotopic (exact) mass is 324 g/mol. The molecule has 4 nitrogen and oxygen atoms in total. The minimum atomic E-state index is -0.551. The van der Waals surface area contributed by atoms with Gasteiger partial charge in [0.15, 0.2) is 0 Å². The summed E-state index contributed by atoms with van der Waals surface area (Å²) in [4.78, 5) is 23.7. The number of hydrogen-bond acceptors (Lipinski definition) is 4. The van der Waals surface area contributed by atoms with E-state index >= 15 is 0 Å². The second-order valence-corrected chi connectivity index (χ2v) is 5.11. The topological polar surface area (TPSA) is 52.6 Å². The average molecular weight is 324 g/mol. The van der Waals surface area contributed by atoms with Gasteiger partial charge in [-0.25, -0.2) is 9.59 Å². The van der Waals surface area contributed by atoms with Crippen LogP contribution in [-0.4, -0.2) is 24.6 Å². The molecule has 0 aliphatic rings. The number of hydrogen-bond donors (Lipinski definition) is 0. The molecule has 2 rings (SSSR count). The Labute approximate surface area is 141 Å². The highest BCUT2D eigenvalue weighted by molar-refractivity contribution is 5.89. The lowest BCUT2D eigenvalue weighted by atomic mass is 10.1. The molecule has 0 aliphatic heterocycles. The van der Waals surface area contributed by atoms with Crippen molar-refractivity contribution in [3.63, 3.8) is 0 Å². The van der Waals surface area contributed by atoms with Crippen molar-refractivity contribution in [3.8, 4) is 0 Å². The zero-order chi connectivity index (χ0) is 17.2. The van der Waals surface area contributed by atoms with Gasteiger partial charge >= 0.3 is 11.9 Å². The molecule has 0 fully saturated rings. The molecule has 0 saturated heterocycles. The normalized spacial score (nSPS) is 11.9. The maximum Gasteiger partial charge on any atom is 0.338 e. The third-order valence-corrected chi connectivity index (χ3v) is 3.28. The third kappa shape index (κ3) is 5.72. The molecular weight excluding hydrogens is 304 g/mol. The van der Waals surface area contributed by atoms with Gasteiger partial charge in [-0.1, -0.05) is 48.5 Å². The van der Waals surface area contributed by atoms with Crippen molar-refractivity contribution in [2.24, 2.45) is 0 Å². The Bertz CT molecular complexity index is 677. The molecule has 0 bridgehead atoms. The number of carbonyl (C=O) groups excluding carboxylic acids is 2. The van der Waals surface area contributed by atoms with Crippen molar-refractivity contribution in [1.29, 1.82) is 0 Å². The van der Waals surface area contributed by atoms with E-state index in [9.17, 15) is 9.59 Å². The highest BCUT2D eigenvalue weighted by atomic mass is 16.5. The van der Waals surface area contributed by atoms with Crippen LogP contribution in [0.25, 0.3) is 0 Å². The number of rotatable bonds is 7. The second-order valence-electron chi connectivity index (χ2n) is 5.11. The Morgan fingerprint density at radius 1 is 1.00 bits per heavy atom. The average Bonchev–Trinajstić information content (AvgIpc) is 2.61.